The van der Waals surface area contributed by atoms with Gasteiger partial charge in [0.1, 0.15) is 0 Å². The van der Waals surface area contributed by atoms with Crippen LogP contribution in [0.15, 0.2) is 58.3 Å². The Hall–Kier alpha value is 0.136. The zero-order chi connectivity index (χ0) is 14.9. The zero-order valence-electron chi connectivity index (χ0n) is 12.2. The first-order valence-electron chi connectivity index (χ1n) is 6.62. The molecule has 0 radical (unpaired) electrons. The van der Waals surface area contributed by atoms with Gasteiger partial charge in [-0.15, -0.1) is 0 Å². The molecule has 0 bridgehead atoms. The van der Waals surface area contributed by atoms with Gasteiger partial charge in [-0.1, -0.05) is 36.0 Å². The molecule has 1 heterocycles. The molecule has 0 aliphatic carbocycles. The van der Waals surface area contributed by atoms with E-state index in [2.05, 4.69) is 4.90 Å². The fraction of sp³-hybridized carbons (Fsp3) is 0.200. The van der Waals surface area contributed by atoms with Gasteiger partial charge >= 0.3 is 51.4 Å². The van der Waals surface area contributed by atoms with Gasteiger partial charge in [0.25, 0.3) is 0 Å². The summed E-state index contributed by atoms with van der Waals surface area (Å²) in [5.41, 5.74) is 2.12. The van der Waals surface area contributed by atoms with Crippen LogP contribution < -0.4 is 56.3 Å². The number of nitrogens with zero attached hydrogens (tertiary/aromatic N) is 1. The molecule has 110 valence electrons. The van der Waals surface area contributed by atoms with Crippen molar-refractivity contribution in [2.45, 2.75) is 16.2 Å². The molecule has 2 aromatic rings. The molecule has 1 aliphatic heterocycles. The second-order valence-electron chi connectivity index (χ2n) is 4.80. The first kappa shape index (κ1) is 18.5. The molecule has 0 fully saturated rings. The Kier molecular flexibility index (Phi) is 6.55. The standard InChI is InChI=1S/C15H15NO3S2.K/c17-21(18,19)11-5-10-16-12-6-1-3-8-14(12)20-15-9-4-2-7-13(15)16;/h1-4,6-9H,5,10-11H2,(H,17,18,19);/q;+1/p-1. The van der Waals surface area contributed by atoms with Gasteiger partial charge in [-0.2, -0.15) is 0 Å². The van der Waals surface area contributed by atoms with Gasteiger partial charge in [0.2, 0.25) is 0 Å². The third-order valence-electron chi connectivity index (χ3n) is 3.31. The van der Waals surface area contributed by atoms with Crippen molar-refractivity contribution in [3.8, 4) is 0 Å². The van der Waals surface area contributed by atoms with E-state index in [1.54, 1.807) is 11.8 Å². The van der Waals surface area contributed by atoms with Gasteiger partial charge in [0.15, 0.2) is 0 Å². The molecule has 3 rings (SSSR count). The van der Waals surface area contributed by atoms with Crippen molar-refractivity contribution in [2.75, 3.05) is 17.2 Å². The third kappa shape index (κ3) is 4.36. The van der Waals surface area contributed by atoms with Crippen LogP contribution in [0.2, 0.25) is 0 Å². The largest absolute Gasteiger partial charge is 1.00 e. The fourth-order valence-corrected chi connectivity index (χ4v) is 4.00. The predicted molar refractivity (Wildman–Crippen MR) is 83.2 cm³/mol. The Labute approximate surface area is 177 Å². The summed E-state index contributed by atoms with van der Waals surface area (Å²) in [6.07, 6.45) is 0.319. The first-order chi connectivity index (χ1) is 10.0. The SMILES string of the molecule is O=S(=O)([O-])CCCN1c2ccccc2Sc2ccccc21.[K+]. The summed E-state index contributed by atoms with van der Waals surface area (Å²) >= 11 is 1.70. The van der Waals surface area contributed by atoms with Crippen molar-refractivity contribution in [3.05, 3.63) is 48.5 Å². The smallest absolute Gasteiger partial charge is 0.748 e. The van der Waals surface area contributed by atoms with Gasteiger partial charge in [-0.3, -0.25) is 0 Å². The summed E-state index contributed by atoms with van der Waals surface area (Å²) in [4.78, 5) is 4.37. The maximum atomic E-state index is 10.8. The van der Waals surface area contributed by atoms with Crippen LogP contribution in [0.4, 0.5) is 11.4 Å². The van der Waals surface area contributed by atoms with E-state index in [1.807, 2.05) is 48.5 Å². The molecule has 22 heavy (non-hydrogen) atoms. The Balaban J connectivity index is 0.00000176. The van der Waals surface area contributed by atoms with E-state index in [0.29, 0.717) is 13.0 Å². The summed E-state index contributed by atoms with van der Waals surface area (Å²) in [6, 6.07) is 16.0. The normalized spacial score (nSPS) is 13.0. The number of benzene rings is 2. The van der Waals surface area contributed by atoms with Crippen LogP contribution in [0.5, 0.6) is 0 Å². The monoisotopic (exact) mass is 359 g/mol. The van der Waals surface area contributed by atoms with E-state index in [-0.39, 0.29) is 57.1 Å². The number of fused-ring (bicyclic) bond motifs is 2. The third-order valence-corrected chi connectivity index (χ3v) is 5.23. The van der Waals surface area contributed by atoms with Crippen LogP contribution in [0.25, 0.3) is 0 Å². The minimum atomic E-state index is -4.16. The number of anilines is 2. The van der Waals surface area contributed by atoms with Crippen LogP contribution >= 0.6 is 11.8 Å². The molecule has 0 saturated heterocycles. The van der Waals surface area contributed by atoms with Crippen LogP contribution in [-0.2, 0) is 10.1 Å². The summed E-state index contributed by atoms with van der Waals surface area (Å²) in [5.74, 6) is -0.332. The van der Waals surface area contributed by atoms with Crippen molar-refractivity contribution in [3.63, 3.8) is 0 Å². The summed E-state index contributed by atoms with van der Waals surface area (Å²) in [6.45, 7) is 0.510. The van der Waals surface area contributed by atoms with Gasteiger partial charge < -0.3 is 9.45 Å². The van der Waals surface area contributed by atoms with E-state index < -0.39 is 10.1 Å². The van der Waals surface area contributed by atoms with Crippen molar-refractivity contribution < 1.29 is 64.4 Å². The second-order valence-corrected chi connectivity index (χ2v) is 7.41. The molecule has 0 unspecified atom stereocenters. The van der Waals surface area contributed by atoms with E-state index in [1.165, 1.54) is 0 Å². The quantitative estimate of drug-likeness (QED) is 0.578. The average molecular weight is 360 g/mol. The number of hydrogen-bond donors (Lipinski definition) is 0. The maximum Gasteiger partial charge on any atom is 1.00 e. The molecule has 0 N–H and O–H groups in total. The first-order valence-corrected chi connectivity index (χ1v) is 9.01. The number of rotatable bonds is 4. The molecule has 4 nitrogen and oxygen atoms in total. The molecule has 2 aromatic carbocycles. The van der Waals surface area contributed by atoms with Crippen LogP contribution in [0.1, 0.15) is 6.42 Å². The average Bonchev–Trinajstić information content (AvgIpc) is 2.45. The second kappa shape index (κ2) is 7.81. The summed E-state index contributed by atoms with van der Waals surface area (Å²) in [5, 5.41) is 0. The summed E-state index contributed by atoms with van der Waals surface area (Å²) in [7, 11) is -4.16. The van der Waals surface area contributed by atoms with E-state index >= 15 is 0 Å². The molecule has 0 aromatic heterocycles. The number of hydrogen-bond acceptors (Lipinski definition) is 5. The molecule has 0 atom stereocenters. The van der Waals surface area contributed by atoms with Crippen LogP contribution in [0, 0.1) is 0 Å². The topological polar surface area (TPSA) is 60.4 Å². The van der Waals surface area contributed by atoms with Crippen LogP contribution in [-0.4, -0.2) is 25.3 Å². The predicted octanol–water partition coefficient (Wildman–Crippen LogP) is 0.229. The van der Waals surface area contributed by atoms with Crippen LogP contribution in [0.3, 0.4) is 0 Å². The Morgan fingerprint density at radius 2 is 1.45 bits per heavy atom. The van der Waals surface area contributed by atoms with Crippen molar-refractivity contribution in [1.82, 2.24) is 0 Å². The zero-order valence-corrected chi connectivity index (χ0v) is 17.0. The Morgan fingerprint density at radius 3 is 1.95 bits per heavy atom. The Bertz CT molecular complexity index is 719. The Morgan fingerprint density at radius 1 is 0.955 bits per heavy atom. The summed E-state index contributed by atoms with van der Waals surface area (Å²) < 4.78 is 32.4. The van der Waals surface area contributed by atoms with Gasteiger partial charge in [0, 0.05) is 22.1 Å². The van der Waals surface area contributed by atoms with Gasteiger partial charge in [-0.05, 0) is 30.7 Å². The van der Waals surface area contributed by atoms with Crippen molar-refractivity contribution in [1.29, 1.82) is 0 Å². The molecule has 0 amide bonds. The molecule has 0 spiro atoms. The van der Waals surface area contributed by atoms with E-state index in [4.69, 9.17) is 0 Å². The van der Waals surface area contributed by atoms with Gasteiger partial charge in [-0.25, -0.2) is 8.42 Å². The van der Waals surface area contributed by atoms with E-state index in [0.717, 1.165) is 21.2 Å². The molecular formula is C15H14KNO3S2. The van der Waals surface area contributed by atoms with Gasteiger partial charge in [0.05, 0.1) is 21.5 Å². The molecular weight excluding hydrogens is 345 g/mol. The maximum absolute atomic E-state index is 10.8. The number of para-hydroxylation sites is 2. The van der Waals surface area contributed by atoms with E-state index in [9.17, 15) is 13.0 Å². The van der Waals surface area contributed by atoms with Crippen molar-refractivity contribution >= 4 is 33.3 Å². The molecule has 1 aliphatic rings. The minimum absolute atomic E-state index is 0. The fourth-order valence-electron chi connectivity index (χ4n) is 2.42. The van der Waals surface area contributed by atoms with Crippen molar-refractivity contribution in [2.24, 2.45) is 0 Å². The minimum Gasteiger partial charge on any atom is -0.748 e. The molecule has 7 heteroatoms. The molecule has 0 saturated carbocycles.